The van der Waals surface area contributed by atoms with E-state index in [9.17, 15) is 18.0 Å². The average Bonchev–Trinajstić information content (AvgIpc) is 2.54. The Morgan fingerprint density at radius 3 is 2.50 bits per heavy atom. The molecule has 0 aromatic heterocycles. The maximum atomic E-state index is 11.2. The van der Waals surface area contributed by atoms with Crippen molar-refractivity contribution >= 4 is 21.7 Å². The largest absolute Gasteiger partial charge is 0.481 e. The summed E-state index contributed by atoms with van der Waals surface area (Å²) in [5.41, 5.74) is 0. The number of carbonyl (C=O) groups excluding carboxylic acids is 1. The molecule has 1 saturated heterocycles. The molecule has 0 bridgehead atoms. The highest BCUT2D eigenvalue weighted by Gasteiger charge is 2.38. The minimum atomic E-state index is -3.11. The van der Waals surface area contributed by atoms with Crippen molar-refractivity contribution in [2.24, 2.45) is 11.8 Å². The lowest BCUT2D eigenvalue weighted by Gasteiger charge is -2.16. The first-order valence-electron chi connectivity index (χ1n) is 4.99. The fraction of sp³-hybridized carbons (Fsp3) is 0.778. The molecule has 1 fully saturated rings. The highest BCUT2D eigenvalue weighted by molar-refractivity contribution is 7.91. The van der Waals surface area contributed by atoms with Crippen molar-refractivity contribution in [2.45, 2.75) is 12.8 Å². The SMILES string of the molecule is CNC(=O)CC(C(=O)O)C1CCS(=O)(=O)C1. The smallest absolute Gasteiger partial charge is 0.307 e. The zero-order valence-electron chi connectivity index (χ0n) is 8.97. The summed E-state index contributed by atoms with van der Waals surface area (Å²) < 4.78 is 22.5. The molecule has 0 aliphatic carbocycles. The fourth-order valence-electron chi connectivity index (χ4n) is 1.90. The quantitative estimate of drug-likeness (QED) is 0.683. The number of carboxylic acid groups (broad SMARTS) is 1. The molecule has 1 aliphatic rings. The number of amides is 1. The molecule has 2 unspecified atom stereocenters. The molecule has 6 nitrogen and oxygen atoms in total. The van der Waals surface area contributed by atoms with E-state index in [1.807, 2.05) is 0 Å². The van der Waals surface area contributed by atoms with Crippen LogP contribution in [0.5, 0.6) is 0 Å². The Morgan fingerprint density at radius 2 is 2.12 bits per heavy atom. The first-order chi connectivity index (χ1) is 7.35. The van der Waals surface area contributed by atoms with Gasteiger partial charge in [0.1, 0.15) is 0 Å². The number of nitrogens with one attached hydrogen (secondary N) is 1. The molecule has 0 spiro atoms. The molecule has 92 valence electrons. The molecule has 0 radical (unpaired) electrons. The zero-order chi connectivity index (χ0) is 12.3. The maximum Gasteiger partial charge on any atom is 0.307 e. The van der Waals surface area contributed by atoms with Gasteiger partial charge in [-0.1, -0.05) is 0 Å². The number of rotatable bonds is 4. The average molecular weight is 249 g/mol. The molecule has 0 saturated carbocycles. The van der Waals surface area contributed by atoms with Crippen molar-refractivity contribution in [3.05, 3.63) is 0 Å². The number of hydrogen-bond donors (Lipinski definition) is 2. The number of carbonyl (C=O) groups is 2. The Kier molecular flexibility index (Phi) is 3.90. The van der Waals surface area contributed by atoms with Crippen LogP contribution in [0.2, 0.25) is 0 Å². The summed E-state index contributed by atoms with van der Waals surface area (Å²) >= 11 is 0. The van der Waals surface area contributed by atoms with E-state index in [2.05, 4.69) is 5.32 Å². The van der Waals surface area contributed by atoms with Crippen molar-refractivity contribution in [1.82, 2.24) is 5.32 Å². The predicted molar refractivity (Wildman–Crippen MR) is 56.6 cm³/mol. The Hall–Kier alpha value is -1.11. The second-order valence-electron chi connectivity index (χ2n) is 3.99. The molecule has 0 aromatic rings. The van der Waals surface area contributed by atoms with Gasteiger partial charge in [0, 0.05) is 13.5 Å². The van der Waals surface area contributed by atoms with E-state index < -0.39 is 27.6 Å². The molecule has 7 heteroatoms. The summed E-state index contributed by atoms with van der Waals surface area (Å²) in [5.74, 6) is -2.93. The van der Waals surface area contributed by atoms with Crippen molar-refractivity contribution < 1.29 is 23.1 Å². The number of carboxylic acids is 1. The Morgan fingerprint density at radius 1 is 1.50 bits per heavy atom. The topological polar surface area (TPSA) is 101 Å². The lowest BCUT2D eigenvalue weighted by Crippen LogP contribution is -2.31. The van der Waals surface area contributed by atoms with Crippen LogP contribution in [0.4, 0.5) is 0 Å². The predicted octanol–water partition coefficient (Wildman–Crippen LogP) is -0.742. The van der Waals surface area contributed by atoms with E-state index in [0.29, 0.717) is 6.42 Å². The van der Waals surface area contributed by atoms with E-state index in [-0.39, 0.29) is 23.8 Å². The molecule has 2 atom stereocenters. The van der Waals surface area contributed by atoms with Gasteiger partial charge in [0.15, 0.2) is 9.84 Å². The normalized spacial score (nSPS) is 24.9. The van der Waals surface area contributed by atoms with Gasteiger partial charge in [-0.05, 0) is 12.3 Å². The number of hydrogen-bond acceptors (Lipinski definition) is 4. The van der Waals surface area contributed by atoms with E-state index in [0.717, 1.165) is 0 Å². The van der Waals surface area contributed by atoms with Crippen LogP contribution in [0.15, 0.2) is 0 Å². The van der Waals surface area contributed by atoms with Gasteiger partial charge < -0.3 is 10.4 Å². The molecular formula is C9H15NO5S. The van der Waals surface area contributed by atoms with Crippen LogP contribution in [0.25, 0.3) is 0 Å². The van der Waals surface area contributed by atoms with Crippen LogP contribution >= 0.6 is 0 Å². The first kappa shape index (κ1) is 13.0. The van der Waals surface area contributed by atoms with Gasteiger partial charge in [0.25, 0.3) is 0 Å². The van der Waals surface area contributed by atoms with Crippen molar-refractivity contribution in [2.75, 3.05) is 18.6 Å². The van der Waals surface area contributed by atoms with Crippen molar-refractivity contribution in [1.29, 1.82) is 0 Å². The molecular weight excluding hydrogens is 234 g/mol. The van der Waals surface area contributed by atoms with Gasteiger partial charge >= 0.3 is 5.97 Å². The monoisotopic (exact) mass is 249 g/mol. The summed E-state index contributed by atoms with van der Waals surface area (Å²) in [6.45, 7) is 0. The van der Waals surface area contributed by atoms with Gasteiger partial charge in [-0.2, -0.15) is 0 Å². The summed E-state index contributed by atoms with van der Waals surface area (Å²) in [5, 5.41) is 11.3. The van der Waals surface area contributed by atoms with Gasteiger partial charge in [-0.25, -0.2) is 8.42 Å². The van der Waals surface area contributed by atoms with Gasteiger partial charge in [0.05, 0.1) is 17.4 Å². The Bertz CT molecular complexity index is 389. The van der Waals surface area contributed by atoms with Crippen molar-refractivity contribution in [3.8, 4) is 0 Å². The van der Waals surface area contributed by atoms with Gasteiger partial charge in [0.2, 0.25) is 5.91 Å². The zero-order valence-corrected chi connectivity index (χ0v) is 9.79. The molecule has 2 N–H and O–H groups in total. The summed E-state index contributed by atoms with van der Waals surface area (Å²) in [7, 11) is -1.69. The van der Waals surface area contributed by atoms with Crippen molar-refractivity contribution in [3.63, 3.8) is 0 Å². The van der Waals surface area contributed by atoms with E-state index >= 15 is 0 Å². The van der Waals surface area contributed by atoms with E-state index in [1.54, 1.807) is 0 Å². The highest BCUT2D eigenvalue weighted by atomic mass is 32.2. The third kappa shape index (κ3) is 3.19. The molecule has 0 aromatic carbocycles. The molecule has 1 aliphatic heterocycles. The maximum absolute atomic E-state index is 11.2. The van der Waals surface area contributed by atoms with Gasteiger partial charge in [-0.15, -0.1) is 0 Å². The Balaban J connectivity index is 2.72. The third-order valence-corrected chi connectivity index (χ3v) is 4.63. The minimum absolute atomic E-state index is 0.0230. The second-order valence-corrected chi connectivity index (χ2v) is 6.21. The summed E-state index contributed by atoms with van der Waals surface area (Å²) in [6, 6.07) is 0. The van der Waals surface area contributed by atoms with E-state index in [4.69, 9.17) is 5.11 Å². The lowest BCUT2D eigenvalue weighted by molar-refractivity contribution is -0.145. The van der Waals surface area contributed by atoms with E-state index in [1.165, 1.54) is 7.05 Å². The van der Waals surface area contributed by atoms with Gasteiger partial charge in [-0.3, -0.25) is 9.59 Å². The summed E-state index contributed by atoms with van der Waals surface area (Å²) in [6.07, 6.45) is 0.169. The van der Waals surface area contributed by atoms with Crippen LogP contribution in [-0.4, -0.2) is 44.0 Å². The minimum Gasteiger partial charge on any atom is -0.481 e. The molecule has 16 heavy (non-hydrogen) atoms. The fourth-order valence-corrected chi connectivity index (χ4v) is 3.78. The molecule has 1 rings (SSSR count). The van der Waals surface area contributed by atoms with Crippen LogP contribution in [-0.2, 0) is 19.4 Å². The van der Waals surface area contributed by atoms with Crippen LogP contribution in [0.3, 0.4) is 0 Å². The molecule has 1 amide bonds. The highest BCUT2D eigenvalue weighted by Crippen LogP contribution is 2.28. The lowest BCUT2D eigenvalue weighted by atomic mass is 9.89. The first-order valence-corrected chi connectivity index (χ1v) is 6.81. The van der Waals surface area contributed by atoms with Crippen LogP contribution < -0.4 is 5.32 Å². The number of sulfone groups is 1. The van der Waals surface area contributed by atoms with Crippen LogP contribution in [0, 0.1) is 11.8 Å². The molecule has 1 heterocycles. The standard InChI is InChI=1S/C9H15NO5S/c1-10-8(11)4-7(9(12)13)6-2-3-16(14,15)5-6/h6-7H,2-5H2,1H3,(H,10,11)(H,12,13). The Labute approximate surface area is 93.9 Å². The number of aliphatic carboxylic acids is 1. The second kappa shape index (κ2) is 4.82. The van der Waals surface area contributed by atoms with Crippen LogP contribution in [0.1, 0.15) is 12.8 Å². The third-order valence-electron chi connectivity index (χ3n) is 2.84. The summed E-state index contributed by atoms with van der Waals surface area (Å²) in [4.78, 5) is 22.1.